The van der Waals surface area contributed by atoms with Crippen LogP contribution in [0.15, 0.2) is 84.9 Å². The largest absolute Gasteiger partial charge is 0.497 e. The van der Waals surface area contributed by atoms with Gasteiger partial charge in [0.25, 0.3) is 8.32 Å². The summed E-state index contributed by atoms with van der Waals surface area (Å²) >= 11 is 0. The van der Waals surface area contributed by atoms with E-state index in [-0.39, 0.29) is 23.0 Å². The first-order valence-electron chi connectivity index (χ1n) is 15.3. The molecular formula is C37H50O4Si. The SMILES string of the molecule is CCCCC#CC(O)[C@@H](C)[C@H](OCc1ccc(OC)cc1)[C@H](C)CO[Si](c1ccccc1)(c1ccccc1)C(C)(C)C. The molecule has 0 amide bonds. The van der Waals surface area contributed by atoms with E-state index in [0.29, 0.717) is 13.2 Å². The lowest BCUT2D eigenvalue weighted by molar-refractivity contribution is -0.0624. The van der Waals surface area contributed by atoms with Crippen molar-refractivity contribution >= 4 is 18.7 Å². The number of unbranched alkanes of at least 4 members (excludes halogenated alkanes) is 2. The Morgan fingerprint density at radius 1 is 0.857 bits per heavy atom. The monoisotopic (exact) mass is 586 g/mol. The molecule has 0 radical (unpaired) electrons. The molecule has 0 heterocycles. The van der Waals surface area contributed by atoms with Crippen molar-refractivity contribution < 1.29 is 19.0 Å². The van der Waals surface area contributed by atoms with Crippen molar-refractivity contribution in [3.63, 3.8) is 0 Å². The van der Waals surface area contributed by atoms with Crippen LogP contribution >= 0.6 is 0 Å². The van der Waals surface area contributed by atoms with Crippen molar-refractivity contribution in [2.75, 3.05) is 13.7 Å². The normalized spacial score (nSPS) is 14.8. The van der Waals surface area contributed by atoms with E-state index in [9.17, 15) is 5.11 Å². The third-order valence-electron chi connectivity index (χ3n) is 8.06. The maximum absolute atomic E-state index is 11.1. The minimum atomic E-state index is -2.71. The van der Waals surface area contributed by atoms with Crippen molar-refractivity contribution in [1.82, 2.24) is 0 Å². The standard InChI is InChI=1S/C37H50O4Si/c1-8-9-10-17-22-35(38)30(3)36(40-28-31-23-25-32(39-7)26-24-31)29(2)27-41-42(37(4,5)6,33-18-13-11-14-19-33)34-20-15-12-16-21-34/h11-16,18-21,23-26,29-30,35-36,38H,8-10,27-28H2,1-7H3/t29-,30-,35?,36-/m1/s1. The van der Waals surface area contributed by atoms with Gasteiger partial charge < -0.3 is 19.0 Å². The predicted octanol–water partition coefficient (Wildman–Crippen LogP) is 6.98. The molecule has 1 N–H and O–H groups in total. The minimum absolute atomic E-state index is 0.00647. The molecule has 0 aliphatic carbocycles. The van der Waals surface area contributed by atoms with Gasteiger partial charge in [-0.2, -0.15) is 0 Å². The molecule has 0 saturated heterocycles. The molecule has 4 nitrogen and oxygen atoms in total. The number of methoxy groups -OCH3 is 1. The van der Waals surface area contributed by atoms with Crippen LogP contribution < -0.4 is 15.1 Å². The number of hydrogen-bond donors (Lipinski definition) is 1. The third-order valence-corrected chi connectivity index (χ3v) is 13.1. The zero-order valence-electron chi connectivity index (χ0n) is 26.6. The van der Waals surface area contributed by atoms with Crippen LogP contribution in [0.25, 0.3) is 0 Å². The number of aliphatic hydroxyl groups excluding tert-OH is 1. The molecule has 0 fully saturated rings. The quantitative estimate of drug-likeness (QED) is 0.126. The summed E-state index contributed by atoms with van der Waals surface area (Å²) in [6.45, 7) is 14.2. The average molecular weight is 587 g/mol. The van der Waals surface area contributed by atoms with Crippen LogP contribution in [0.5, 0.6) is 5.75 Å². The molecule has 0 aliphatic rings. The van der Waals surface area contributed by atoms with Crippen LogP contribution in [0.4, 0.5) is 0 Å². The van der Waals surface area contributed by atoms with Gasteiger partial charge in [-0.15, -0.1) is 5.92 Å². The Morgan fingerprint density at radius 2 is 1.43 bits per heavy atom. The smallest absolute Gasteiger partial charge is 0.261 e. The maximum Gasteiger partial charge on any atom is 0.261 e. The van der Waals surface area contributed by atoms with Gasteiger partial charge in [0, 0.05) is 24.9 Å². The van der Waals surface area contributed by atoms with Gasteiger partial charge in [-0.25, -0.2) is 0 Å². The number of ether oxygens (including phenoxy) is 2. The van der Waals surface area contributed by atoms with Gasteiger partial charge in [-0.05, 0) is 39.5 Å². The summed E-state index contributed by atoms with van der Waals surface area (Å²) in [4.78, 5) is 0. The third kappa shape index (κ3) is 8.58. The molecule has 226 valence electrons. The van der Waals surface area contributed by atoms with Crippen molar-refractivity contribution in [2.24, 2.45) is 11.8 Å². The average Bonchev–Trinajstić information content (AvgIpc) is 3.00. The summed E-state index contributed by atoms with van der Waals surface area (Å²) in [5.41, 5.74) is 1.05. The maximum atomic E-state index is 11.1. The lowest BCUT2D eigenvalue weighted by atomic mass is 9.89. The van der Waals surface area contributed by atoms with Gasteiger partial charge >= 0.3 is 0 Å². The molecule has 5 heteroatoms. The molecule has 1 unspecified atom stereocenters. The van der Waals surface area contributed by atoms with Crippen LogP contribution in [-0.2, 0) is 15.8 Å². The first-order chi connectivity index (χ1) is 20.1. The molecule has 0 aliphatic heterocycles. The first-order valence-corrected chi connectivity index (χ1v) is 17.2. The summed E-state index contributed by atoms with van der Waals surface area (Å²) in [6, 6.07) is 29.3. The Balaban J connectivity index is 1.92. The van der Waals surface area contributed by atoms with E-state index in [2.05, 4.69) is 107 Å². The van der Waals surface area contributed by atoms with E-state index in [0.717, 1.165) is 30.6 Å². The molecule has 3 aromatic rings. The Kier molecular flexibility index (Phi) is 12.9. The fourth-order valence-electron chi connectivity index (χ4n) is 5.61. The van der Waals surface area contributed by atoms with Gasteiger partial charge in [0.15, 0.2) is 0 Å². The Labute approximate surface area is 255 Å². The summed E-state index contributed by atoms with van der Waals surface area (Å²) in [6.07, 6.45) is 1.88. The predicted molar refractivity (Wildman–Crippen MR) is 177 cm³/mol. The summed E-state index contributed by atoms with van der Waals surface area (Å²) in [5, 5.41) is 13.5. The second kappa shape index (κ2) is 16.1. The molecule has 42 heavy (non-hydrogen) atoms. The highest BCUT2D eigenvalue weighted by Crippen LogP contribution is 2.37. The molecule has 4 atom stereocenters. The molecule has 3 rings (SSSR count). The lowest BCUT2D eigenvalue weighted by Gasteiger charge is -2.44. The number of hydrogen-bond acceptors (Lipinski definition) is 4. The van der Waals surface area contributed by atoms with E-state index in [4.69, 9.17) is 13.9 Å². The molecule has 3 aromatic carbocycles. The van der Waals surface area contributed by atoms with E-state index < -0.39 is 14.4 Å². The zero-order chi connectivity index (χ0) is 30.6. The highest BCUT2D eigenvalue weighted by atomic mass is 28.4. The van der Waals surface area contributed by atoms with Crippen LogP contribution in [0, 0.1) is 23.7 Å². The van der Waals surface area contributed by atoms with Crippen LogP contribution in [0.3, 0.4) is 0 Å². The fourth-order valence-corrected chi connectivity index (χ4v) is 10.3. The summed E-state index contributed by atoms with van der Waals surface area (Å²) in [5.74, 6) is 6.88. The van der Waals surface area contributed by atoms with Crippen molar-refractivity contribution in [2.45, 2.75) is 84.7 Å². The minimum Gasteiger partial charge on any atom is -0.497 e. The number of aliphatic hydroxyl groups is 1. The van der Waals surface area contributed by atoms with E-state index in [1.165, 1.54) is 10.4 Å². The highest BCUT2D eigenvalue weighted by Gasteiger charge is 2.50. The Hall–Kier alpha value is -2.88. The topological polar surface area (TPSA) is 47.9 Å². The van der Waals surface area contributed by atoms with Crippen LogP contribution in [-0.4, -0.2) is 39.3 Å². The van der Waals surface area contributed by atoms with Gasteiger partial charge in [0.1, 0.15) is 11.9 Å². The van der Waals surface area contributed by atoms with Gasteiger partial charge in [-0.3, -0.25) is 0 Å². The van der Waals surface area contributed by atoms with Crippen LogP contribution in [0.2, 0.25) is 5.04 Å². The molecular weight excluding hydrogens is 536 g/mol. The number of benzene rings is 3. The lowest BCUT2D eigenvalue weighted by Crippen LogP contribution is -2.67. The fraction of sp³-hybridized carbons (Fsp3) is 0.459. The zero-order valence-corrected chi connectivity index (χ0v) is 27.6. The first kappa shape index (κ1) is 33.6. The molecule has 0 saturated carbocycles. The summed E-state index contributed by atoms with van der Waals surface area (Å²) in [7, 11) is -1.04. The second-order valence-corrected chi connectivity index (χ2v) is 16.6. The number of rotatable bonds is 14. The van der Waals surface area contributed by atoms with E-state index in [1.54, 1.807) is 7.11 Å². The van der Waals surface area contributed by atoms with E-state index >= 15 is 0 Å². The van der Waals surface area contributed by atoms with Gasteiger partial charge in [0.05, 0.1) is 19.8 Å². The van der Waals surface area contributed by atoms with Crippen molar-refractivity contribution in [1.29, 1.82) is 0 Å². The summed E-state index contributed by atoms with van der Waals surface area (Å²) < 4.78 is 19.2. The van der Waals surface area contributed by atoms with Crippen molar-refractivity contribution in [3.05, 3.63) is 90.5 Å². The van der Waals surface area contributed by atoms with Gasteiger partial charge in [-0.1, -0.05) is 127 Å². The highest BCUT2D eigenvalue weighted by molar-refractivity contribution is 6.99. The van der Waals surface area contributed by atoms with Crippen molar-refractivity contribution in [3.8, 4) is 17.6 Å². The molecule has 0 spiro atoms. The Bertz CT molecular complexity index is 1200. The second-order valence-electron chi connectivity index (χ2n) is 12.3. The van der Waals surface area contributed by atoms with Gasteiger partial charge in [0.2, 0.25) is 0 Å². The van der Waals surface area contributed by atoms with Crippen LogP contribution in [0.1, 0.15) is 66.4 Å². The van der Waals surface area contributed by atoms with E-state index in [1.807, 2.05) is 31.2 Å². The molecule has 0 aromatic heterocycles. The Morgan fingerprint density at radius 3 is 1.93 bits per heavy atom. The molecule has 0 bridgehead atoms.